The van der Waals surface area contributed by atoms with Crippen molar-refractivity contribution in [1.29, 1.82) is 0 Å². The van der Waals surface area contributed by atoms with Crippen LogP contribution in [-0.4, -0.2) is 11.9 Å². The number of carbonyl (C=O) groups is 2. The molecule has 0 saturated heterocycles. The third kappa shape index (κ3) is 9.11. The predicted molar refractivity (Wildman–Crippen MR) is 253 cm³/mol. The Hall–Kier alpha value is -6.40. The summed E-state index contributed by atoms with van der Waals surface area (Å²) in [5.74, 6) is -0.266. The third-order valence-electron chi connectivity index (χ3n) is 12.7. The van der Waals surface area contributed by atoms with Crippen LogP contribution in [0.5, 0.6) is 0 Å². The molecule has 5 aliphatic heterocycles. The second kappa shape index (κ2) is 19.5. The number of anilines is 6. The second-order valence-corrected chi connectivity index (χ2v) is 16.9. The zero-order valence-electron chi connectivity index (χ0n) is 35.7. The van der Waals surface area contributed by atoms with Gasteiger partial charge < -0.3 is 19.3 Å². The minimum atomic E-state index is -0.133. The van der Waals surface area contributed by atoms with Crippen molar-refractivity contribution < 1.29 is 19.1 Å². The number of para-hydroxylation sites is 2. The van der Waals surface area contributed by atoms with Crippen LogP contribution in [0.2, 0.25) is 0 Å². The summed E-state index contributed by atoms with van der Waals surface area (Å²) in [5.41, 5.74) is 11.2. The van der Waals surface area contributed by atoms with Crippen molar-refractivity contribution in [3.63, 3.8) is 0 Å². The fourth-order valence-electron chi connectivity index (χ4n) is 9.41. The Labute approximate surface area is 366 Å². The van der Waals surface area contributed by atoms with Crippen LogP contribution in [0.4, 0.5) is 34.1 Å². The molecule has 6 nitrogen and oxygen atoms in total. The van der Waals surface area contributed by atoms with E-state index in [2.05, 4.69) is 155 Å². The lowest BCUT2D eigenvalue weighted by Gasteiger charge is -2.42. The van der Waals surface area contributed by atoms with Gasteiger partial charge in [0.05, 0.1) is 22.7 Å². The topological polar surface area (TPSA) is 59.1 Å². The van der Waals surface area contributed by atoms with Gasteiger partial charge in [0.2, 0.25) is 0 Å². The van der Waals surface area contributed by atoms with Crippen LogP contribution in [0.25, 0.3) is 21.5 Å². The summed E-state index contributed by atoms with van der Waals surface area (Å²) < 4.78 is 11.6. The van der Waals surface area contributed by atoms with Crippen molar-refractivity contribution in [3.8, 4) is 0 Å². The Balaban J connectivity index is 1.01. The summed E-state index contributed by atoms with van der Waals surface area (Å²) in [7, 11) is 0. The van der Waals surface area contributed by atoms with Crippen molar-refractivity contribution in [1.82, 2.24) is 0 Å². The number of fused-ring (bicyclic) bond motifs is 5. The summed E-state index contributed by atoms with van der Waals surface area (Å²) in [6.07, 6.45) is 13.8. The molecule has 12 rings (SSSR count). The predicted octanol–water partition coefficient (Wildman–Crippen LogP) is 14.8. The molecule has 0 saturated carbocycles. The van der Waals surface area contributed by atoms with E-state index in [9.17, 15) is 9.59 Å². The third-order valence-corrected chi connectivity index (χ3v) is 12.7. The molecule has 0 amide bonds. The number of carbonyl (C=O) groups excluding carboxylic acids is 2. The molecule has 0 radical (unpaired) electrons. The lowest BCUT2D eigenvalue weighted by Crippen LogP contribution is -2.24. The number of esters is 2. The molecule has 0 spiro atoms. The van der Waals surface area contributed by atoms with E-state index in [1.807, 2.05) is 0 Å². The van der Waals surface area contributed by atoms with Crippen LogP contribution < -0.4 is 9.80 Å². The maximum Gasteiger partial charge on any atom is 0.306 e. The van der Waals surface area contributed by atoms with Crippen LogP contribution >= 0.6 is 0 Å². The molecule has 5 aliphatic rings. The van der Waals surface area contributed by atoms with Crippen molar-refractivity contribution in [3.05, 3.63) is 168 Å². The molecule has 7 aromatic carbocycles. The van der Waals surface area contributed by atoms with Gasteiger partial charge in [-0.05, 0) is 108 Å². The minimum absolute atomic E-state index is 0.133. The first-order valence-corrected chi connectivity index (χ1v) is 22.8. The monoisotopic (exact) mass is 820 g/mol. The zero-order chi connectivity index (χ0) is 42.1. The summed E-state index contributed by atoms with van der Waals surface area (Å²) in [6, 6.07) is 51.7. The van der Waals surface area contributed by atoms with Gasteiger partial charge in [-0.25, -0.2) is 0 Å². The number of nitrogens with zero attached hydrogens (tertiary/aromatic N) is 2. The van der Waals surface area contributed by atoms with Crippen LogP contribution in [0.1, 0.15) is 99.3 Å². The standard InChI is InChI=1S/C56H56N2O4/c59-53-29-9-5-1-3-7-19-43-21-11-12-22-44(43)20-8-4-2-6-10-30-54(60)62-40-42-33-37-46(38-34-42)58-52-28-18-17-27-51(52)57(45-35-31-41(32-36-45)39-61-53)55-49-25-15-13-23-47(49)48-24-14-16-26-50(48)56(55)58/h11-18,21-28,31-38H,1-10,19-20,29-30,39-40H2. The molecule has 0 aliphatic carbocycles. The van der Waals surface area contributed by atoms with Gasteiger partial charge >= 0.3 is 11.9 Å². The SMILES string of the molecule is O=C1CCCCCCCc2ccccc2CCCCCCCC(=O)OCc2ccc(cc2)N2c3ccccc3N(c3ccc(cc3)CO1)c1c2c2ccccc2c2ccccc12. The van der Waals surface area contributed by atoms with Crippen molar-refractivity contribution in [2.24, 2.45) is 0 Å². The number of hydrogen-bond donors (Lipinski definition) is 0. The van der Waals surface area contributed by atoms with Gasteiger partial charge in [0.15, 0.2) is 0 Å². The maximum atomic E-state index is 12.9. The highest BCUT2D eigenvalue weighted by atomic mass is 16.5. The van der Waals surface area contributed by atoms with Gasteiger partial charge in [-0.1, -0.05) is 148 Å². The molecule has 62 heavy (non-hydrogen) atoms. The fourth-order valence-corrected chi connectivity index (χ4v) is 9.41. The number of aryl methyl sites for hydroxylation is 2. The summed E-state index contributed by atoms with van der Waals surface area (Å²) >= 11 is 0. The van der Waals surface area contributed by atoms with Crippen LogP contribution in [-0.2, 0) is 45.1 Å². The van der Waals surface area contributed by atoms with Crippen molar-refractivity contribution in [2.45, 2.75) is 103 Å². The molecule has 0 N–H and O–H groups in total. The molecule has 0 atom stereocenters. The lowest BCUT2D eigenvalue weighted by molar-refractivity contribution is -0.146. The number of ether oxygens (including phenoxy) is 2. The van der Waals surface area contributed by atoms with Crippen LogP contribution in [0.3, 0.4) is 0 Å². The molecule has 0 aromatic heterocycles. The molecular weight excluding hydrogens is 765 g/mol. The highest BCUT2D eigenvalue weighted by Gasteiger charge is 2.34. The Morgan fingerprint density at radius 1 is 0.339 bits per heavy atom. The van der Waals surface area contributed by atoms with Gasteiger partial charge in [-0.3, -0.25) is 9.59 Å². The van der Waals surface area contributed by atoms with E-state index < -0.39 is 0 Å². The molecule has 314 valence electrons. The minimum Gasteiger partial charge on any atom is -0.461 e. The van der Waals surface area contributed by atoms with Crippen LogP contribution in [0, 0.1) is 0 Å². The largest absolute Gasteiger partial charge is 0.461 e. The average Bonchev–Trinajstić information content (AvgIpc) is 3.32. The van der Waals surface area contributed by atoms with Crippen molar-refractivity contribution >= 4 is 67.6 Å². The fraction of sp³-hybridized carbons (Fsp3) is 0.286. The number of hydrogen-bond acceptors (Lipinski definition) is 6. The zero-order valence-corrected chi connectivity index (χ0v) is 35.7. The number of rotatable bonds is 0. The molecule has 6 bridgehead atoms. The molecular formula is C56H56N2O4. The molecule has 0 fully saturated rings. The van der Waals surface area contributed by atoms with E-state index in [1.165, 1.54) is 47.6 Å². The Morgan fingerprint density at radius 2 is 0.677 bits per heavy atom. The molecule has 0 unspecified atom stereocenters. The Morgan fingerprint density at radius 3 is 1.10 bits per heavy atom. The summed E-state index contributed by atoms with van der Waals surface area (Å²) in [6.45, 7) is 0.504. The first-order valence-electron chi connectivity index (χ1n) is 22.8. The quantitative estimate of drug-likeness (QED) is 0.112. The van der Waals surface area contributed by atoms with E-state index in [1.54, 1.807) is 0 Å². The normalized spacial score (nSPS) is 16.3. The van der Waals surface area contributed by atoms with E-state index in [-0.39, 0.29) is 25.2 Å². The van der Waals surface area contributed by atoms with E-state index >= 15 is 0 Å². The molecule has 7 aromatic rings. The van der Waals surface area contributed by atoms with Gasteiger partial charge in [0, 0.05) is 35.0 Å². The molecule has 6 heteroatoms. The van der Waals surface area contributed by atoms with Crippen LogP contribution in [0.15, 0.2) is 146 Å². The van der Waals surface area contributed by atoms with Crippen molar-refractivity contribution in [2.75, 3.05) is 9.80 Å². The average molecular weight is 821 g/mol. The van der Waals surface area contributed by atoms with E-state index in [4.69, 9.17) is 9.47 Å². The van der Waals surface area contributed by atoms with Gasteiger partial charge in [0.1, 0.15) is 13.2 Å². The summed E-state index contributed by atoms with van der Waals surface area (Å²) in [4.78, 5) is 30.5. The van der Waals surface area contributed by atoms with E-state index in [0.717, 1.165) is 107 Å². The highest BCUT2D eigenvalue weighted by molar-refractivity contribution is 6.25. The second-order valence-electron chi connectivity index (χ2n) is 16.9. The first-order chi connectivity index (χ1) is 30.6. The summed E-state index contributed by atoms with van der Waals surface area (Å²) in [5, 5.41) is 4.67. The first kappa shape index (κ1) is 41.0. The van der Waals surface area contributed by atoms with Gasteiger partial charge in [0.25, 0.3) is 0 Å². The van der Waals surface area contributed by atoms with Gasteiger partial charge in [-0.2, -0.15) is 0 Å². The van der Waals surface area contributed by atoms with E-state index in [0.29, 0.717) is 12.8 Å². The molecule has 5 heterocycles. The maximum absolute atomic E-state index is 12.9. The Bertz CT molecular complexity index is 2470. The number of benzene rings is 7. The Kier molecular flexibility index (Phi) is 12.9. The van der Waals surface area contributed by atoms with Gasteiger partial charge in [-0.15, -0.1) is 0 Å². The highest BCUT2D eigenvalue weighted by Crippen LogP contribution is 2.58. The smallest absolute Gasteiger partial charge is 0.306 e. The lowest BCUT2D eigenvalue weighted by atomic mass is 9.93.